The van der Waals surface area contributed by atoms with E-state index >= 15 is 0 Å². The SMILES string of the molecule is Cc1c[nH]c2c(OC(=O)N(C)CCN(C)C(=O)OCc3ccc(NC(=O)[C@H](CCCNC(N)=O)CC(=O)[C@@H](N)C(C)C)cc3)cc3c(c12)[C@H](CCl)CN3C(=O)C12CC(C(=O)N3C[C@@H](CCl)c4c3cc(OP(=O)(O)O)c3[nH]cc(C)c43)(C1)C2. The van der Waals surface area contributed by atoms with Crippen LogP contribution < -0.4 is 41.2 Å². The van der Waals surface area contributed by atoms with Crippen molar-refractivity contribution >= 4 is 112 Å². The van der Waals surface area contributed by atoms with E-state index in [0.717, 1.165) is 27.6 Å². The number of aryl methyl sites for hydroxylation is 2. The first-order valence-electron chi connectivity index (χ1n) is 27.1. The van der Waals surface area contributed by atoms with Crippen LogP contribution in [0.4, 0.5) is 31.4 Å². The Bertz CT molecular complexity index is 3400. The number of ether oxygens (including phenoxy) is 2. The van der Waals surface area contributed by atoms with E-state index in [1.165, 1.54) is 30.0 Å². The van der Waals surface area contributed by atoms with E-state index in [1.54, 1.807) is 52.5 Å². The predicted molar refractivity (Wildman–Crippen MR) is 308 cm³/mol. The number of aromatic nitrogens is 2. The van der Waals surface area contributed by atoms with Crippen LogP contribution in [0.2, 0.25) is 0 Å². The quantitative estimate of drug-likeness (QED) is 0.0188. The molecule has 0 spiro atoms. The number of alkyl halides is 2. The van der Waals surface area contributed by atoms with Gasteiger partial charge in [0.25, 0.3) is 0 Å². The van der Waals surface area contributed by atoms with Gasteiger partial charge in [-0.25, -0.2) is 18.9 Å². The molecule has 0 unspecified atom stereocenters. The number of hydrogen-bond acceptors (Lipinski definition) is 12. The summed E-state index contributed by atoms with van der Waals surface area (Å²) >= 11 is 13.1. The molecule has 3 saturated carbocycles. The number of fused-ring (bicyclic) bond motifs is 6. The molecule has 4 heterocycles. The van der Waals surface area contributed by atoms with Crippen LogP contribution >= 0.6 is 31.0 Å². The number of nitrogens with zero attached hydrogens (tertiary/aromatic N) is 4. The van der Waals surface area contributed by atoms with Crippen molar-refractivity contribution in [1.82, 2.24) is 25.1 Å². The number of carbonyl (C=O) groups is 7. The van der Waals surface area contributed by atoms with E-state index in [0.29, 0.717) is 71.1 Å². The number of phosphoric acid groups is 1. The molecule has 0 radical (unpaired) electrons. The first kappa shape index (κ1) is 59.7. The molecule has 10 N–H and O–H groups in total. The number of benzene rings is 3. The number of ketones is 1. The molecule has 7 amide bonds. The summed E-state index contributed by atoms with van der Waals surface area (Å²) in [6.07, 6.45) is 3.66. The minimum atomic E-state index is -4.98. The van der Waals surface area contributed by atoms with Crippen molar-refractivity contribution < 1.29 is 61.9 Å². The normalized spacial score (nSPS) is 20.3. The van der Waals surface area contributed by atoms with Crippen LogP contribution in [0.15, 0.2) is 48.8 Å². The Morgan fingerprint density at radius 2 is 1.33 bits per heavy atom. The Morgan fingerprint density at radius 1 is 0.817 bits per heavy atom. The number of likely N-dealkylation sites (N-methyl/N-ethyl adjacent to an activating group) is 2. The summed E-state index contributed by atoms with van der Waals surface area (Å²) in [4.78, 5) is 126. The van der Waals surface area contributed by atoms with Crippen molar-refractivity contribution in [3.8, 4) is 11.5 Å². The largest absolute Gasteiger partial charge is 0.524 e. The van der Waals surface area contributed by atoms with Crippen LogP contribution in [0.5, 0.6) is 11.5 Å². The summed E-state index contributed by atoms with van der Waals surface area (Å²) in [5, 5.41) is 6.79. The van der Waals surface area contributed by atoms with Crippen molar-refractivity contribution in [2.75, 3.05) is 73.7 Å². The zero-order valence-electron chi connectivity index (χ0n) is 46.4. The Hall–Kier alpha value is -6.88. The molecule has 3 aliphatic carbocycles. The number of Topliss-reactive ketones (excluding diaryl/α,β-unsaturated/α-hetero) is 1. The third-order valence-corrected chi connectivity index (χ3v) is 17.8. The molecule has 2 aromatic heterocycles. The number of anilines is 3. The number of amides is 7. The molecule has 10 rings (SSSR count). The number of carbonyl (C=O) groups excluding carboxylic acids is 7. The van der Waals surface area contributed by atoms with Gasteiger partial charge in [0.1, 0.15) is 6.61 Å². The van der Waals surface area contributed by atoms with Crippen molar-refractivity contribution in [2.24, 2.45) is 34.1 Å². The fraction of sp³-hybridized carbons (Fsp3) is 0.482. The molecule has 5 aromatic rings. The van der Waals surface area contributed by atoms with E-state index in [1.807, 2.05) is 27.7 Å². The number of urea groups is 1. The Labute approximate surface area is 483 Å². The molecule has 26 heteroatoms. The minimum absolute atomic E-state index is 0.0597. The Kier molecular flexibility index (Phi) is 17.0. The zero-order chi connectivity index (χ0) is 59.3. The van der Waals surface area contributed by atoms with Gasteiger partial charge in [0.05, 0.1) is 39.3 Å². The van der Waals surface area contributed by atoms with Crippen LogP contribution in [0, 0.1) is 36.5 Å². The number of primary amides is 1. The molecular weight excluding hydrogens is 1120 g/mol. The van der Waals surface area contributed by atoms with E-state index < -0.39 is 48.8 Å². The highest BCUT2D eigenvalue weighted by atomic mass is 35.5. The molecule has 5 aliphatic rings. The van der Waals surface area contributed by atoms with Crippen molar-refractivity contribution in [3.05, 3.63) is 76.6 Å². The third kappa shape index (κ3) is 11.6. The topological polar surface area (TPSA) is 325 Å². The molecule has 3 fully saturated rings. The lowest BCUT2D eigenvalue weighted by Crippen LogP contribution is -2.73. The molecule has 2 bridgehead atoms. The second kappa shape index (κ2) is 23.4. The monoisotopic (exact) mass is 1190 g/mol. The van der Waals surface area contributed by atoms with Gasteiger partial charge in [0, 0.05) is 124 Å². The summed E-state index contributed by atoms with van der Waals surface area (Å²) < 4.78 is 28.8. The number of H-pyrrole nitrogens is 2. The van der Waals surface area contributed by atoms with Crippen molar-refractivity contribution in [1.29, 1.82) is 0 Å². The number of nitrogens with two attached hydrogens (primary N) is 2. The lowest BCUT2D eigenvalue weighted by atomic mass is 9.34. The zero-order valence-corrected chi connectivity index (χ0v) is 48.8. The van der Waals surface area contributed by atoms with Gasteiger partial charge in [-0.05, 0) is 91.8 Å². The van der Waals surface area contributed by atoms with Crippen molar-refractivity contribution in [2.45, 2.75) is 90.7 Å². The highest BCUT2D eigenvalue weighted by Crippen LogP contribution is 2.75. The van der Waals surface area contributed by atoms with E-state index in [2.05, 4.69) is 20.6 Å². The lowest BCUT2D eigenvalue weighted by Gasteiger charge is -2.69. The lowest BCUT2D eigenvalue weighted by molar-refractivity contribution is -0.205. The Morgan fingerprint density at radius 3 is 1.83 bits per heavy atom. The van der Waals surface area contributed by atoms with Crippen LogP contribution in [-0.2, 0) is 35.1 Å². The van der Waals surface area contributed by atoms with Gasteiger partial charge in [-0.1, -0.05) is 26.0 Å². The van der Waals surface area contributed by atoms with Gasteiger partial charge in [0.2, 0.25) is 17.7 Å². The van der Waals surface area contributed by atoms with Gasteiger partial charge in [-0.15, -0.1) is 23.2 Å². The molecule has 0 saturated heterocycles. The Balaban J connectivity index is 0.806. The van der Waals surface area contributed by atoms with Gasteiger partial charge < -0.3 is 65.7 Å². The van der Waals surface area contributed by atoms with E-state index in [4.69, 9.17) is 48.7 Å². The molecule has 3 aromatic carbocycles. The summed E-state index contributed by atoms with van der Waals surface area (Å²) in [5.74, 6) is -1.83. The van der Waals surface area contributed by atoms with Gasteiger partial charge in [-0.2, -0.15) is 0 Å². The predicted octanol–water partition coefficient (Wildman–Crippen LogP) is 7.59. The summed E-state index contributed by atoms with van der Waals surface area (Å²) in [5.41, 5.74) is 15.9. The molecule has 440 valence electrons. The number of halogens is 2. The second-order valence-corrected chi connectivity index (χ2v) is 24.6. The van der Waals surface area contributed by atoms with Crippen LogP contribution in [0.25, 0.3) is 21.8 Å². The van der Waals surface area contributed by atoms with E-state index in [-0.39, 0.29) is 110 Å². The fourth-order valence-electron chi connectivity index (χ4n) is 12.2. The highest BCUT2D eigenvalue weighted by Gasteiger charge is 2.76. The van der Waals surface area contributed by atoms with Crippen LogP contribution in [0.1, 0.15) is 92.0 Å². The average Bonchev–Trinajstić information content (AvgIpc) is 1.26. The second-order valence-electron chi connectivity index (χ2n) is 22.8. The van der Waals surface area contributed by atoms with E-state index in [9.17, 15) is 47.9 Å². The summed E-state index contributed by atoms with van der Waals surface area (Å²) in [7, 11) is -1.92. The number of aromatic amines is 2. The summed E-state index contributed by atoms with van der Waals surface area (Å²) in [6, 6.07) is 8.40. The van der Waals surface area contributed by atoms with Gasteiger partial charge >= 0.3 is 26.0 Å². The number of rotatable bonds is 22. The minimum Gasteiger partial charge on any atom is -0.445 e. The smallest absolute Gasteiger partial charge is 0.445 e. The highest BCUT2D eigenvalue weighted by molar-refractivity contribution is 7.46. The maximum atomic E-state index is 14.9. The van der Waals surface area contributed by atoms with Crippen molar-refractivity contribution in [3.63, 3.8) is 0 Å². The molecule has 82 heavy (non-hydrogen) atoms. The third-order valence-electron chi connectivity index (χ3n) is 16.6. The number of hydrogen-bond donors (Lipinski definition) is 8. The number of phosphoric ester groups is 1. The summed E-state index contributed by atoms with van der Waals surface area (Å²) in [6.45, 7) is 8.22. The maximum Gasteiger partial charge on any atom is 0.524 e. The van der Waals surface area contributed by atoms with Crippen LogP contribution in [-0.4, -0.2) is 136 Å². The first-order valence-corrected chi connectivity index (χ1v) is 29.7. The maximum absolute atomic E-state index is 14.9. The van der Waals surface area contributed by atoms with Crippen LogP contribution in [0.3, 0.4) is 0 Å². The standard InChI is InChI=1S/C56H69Cl2N10O13P/c1-29(2)46(59)39(69)16-33(8-7-13-61-52(60)73)49(70)64-36-11-9-32(10-12-36)25-79-53(74)65(5)14-15-66(6)54(75)80-40-17-37-44(42-30(3)21-62-47(40)42)34(19-57)23-67(37)50(71)55-26-56(27-55,28-55)51(72)68-24-35(20-58)45-38(68)18-41(81-82(76,77)78)48-43(45)31(4)22-63-48/h9-12,17-18,21-22,29,33-35,46,62-63H,7-8,13-16,19-20,23-28,59H2,1-6H3,(H,64,70)(H3,60,61,73)(H2,76,77,78)/t33-,34-,35-,46+,55?,56?/m1/s1. The number of nitrogens with one attached hydrogen (secondary N) is 4. The fourth-order valence-corrected chi connectivity index (χ4v) is 13.1. The first-order chi connectivity index (χ1) is 38.8. The molecule has 2 aliphatic heterocycles. The average molecular weight is 1190 g/mol. The molecular formula is C56H69Cl2N10O13P. The van der Waals surface area contributed by atoms with Gasteiger partial charge in [0.15, 0.2) is 17.3 Å². The molecule has 4 atom stereocenters. The van der Waals surface area contributed by atoms with Gasteiger partial charge in [-0.3, -0.25) is 29.0 Å². The molecule has 23 nitrogen and oxygen atoms in total.